The van der Waals surface area contributed by atoms with Crippen LogP contribution in [0.5, 0.6) is 0 Å². The van der Waals surface area contributed by atoms with Crippen LogP contribution in [0.3, 0.4) is 0 Å². The summed E-state index contributed by atoms with van der Waals surface area (Å²) < 4.78 is 2.71. The molecule has 18 heavy (non-hydrogen) atoms. The van der Waals surface area contributed by atoms with Gasteiger partial charge in [0.15, 0.2) is 0 Å². The lowest BCUT2D eigenvalue weighted by Crippen LogP contribution is -2.11. The number of aliphatic hydroxyl groups excluding tert-OH is 1. The summed E-state index contributed by atoms with van der Waals surface area (Å²) >= 11 is 3.43. The second kappa shape index (κ2) is 5.63. The van der Waals surface area contributed by atoms with Crippen LogP contribution in [0.1, 0.15) is 36.3 Å². The maximum atomic E-state index is 10.5. The maximum absolute atomic E-state index is 10.5. The average molecular weight is 310 g/mol. The van der Waals surface area contributed by atoms with Crippen LogP contribution in [0, 0.1) is 6.92 Å². The first kappa shape index (κ1) is 13.2. The summed E-state index contributed by atoms with van der Waals surface area (Å²) in [5.41, 5.74) is 2.66. The molecule has 1 atom stereocenters. The number of halogens is 1. The summed E-state index contributed by atoms with van der Waals surface area (Å²) in [5.74, 6) is 0. The van der Waals surface area contributed by atoms with Crippen LogP contribution in [-0.4, -0.2) is 20.1 Å². The Balaban J connectivity index is 2.38. The van der Waals surface area contributed by atoms with Crippen molar-refractivity contribution in [1.82, 2.24) is 15.0 Å². The standard InChI is InChI=1S/C13H16BrN3O/c1-3-6-17-12(8-15-16-17)13(18)11-7-10(14)5-4-9(11)2/h4-5,7-8,13,18H,3,6H2,1-2H3. The predicted octanol–water partition coefficient (Wildman–Crippen LogP) is 2.84. The van der Waals surface area contributed by atoms with Crippen molar-refractivity contribution >= 4 is 15.9 Å². The third-order valence-electron chi connectivity index (χ3n) is 2.90. The lowest BCUT2D eigenvalue weighted by molar-refractivity contribution is 0.206. The molecule has 0 amide bonds. The number of rotatable bonds is 4. The molecular weight excluding hydrogens is 294 g/mol. The molecule has 0 fully saturated rings. The third-order valence-corrected chi connectivity index (χ3v) is 3.39. The van der Waals surface area contributed by atoms with Crippen LogP contribution in [0.4, 0.5) is 0 Å². The quantitative estimate of drug-likeness (QED) is 0.945. The smallest absolute Gasteiger partial charge is 0.123 e. The zero-order valence-corrected chi connectivity index (χ0v) is 12.1. The van der Waals surface area contributed by atoms with E-state index in [2.05, 4.69) is 33.2 Å². The van der Waals surface area contributed by atoms with E-state index in [-0.39, 0.29) is 0 Å². The molecule has 1 unspecified atom stereocenters. The fourth-order valence-electron chi connectivity index (χ4n) is 1.93. The minimum absolute atomic E-state index is 0.691. The fourth-order valence-corrected chi connectivity index (χ4v) is 2.31. The van der Waals surface area contributed by atoms with Crippen molar-refractivity contribution in [3.05, 3.63) is 45.7 Å². The number of hydrogen-bond donors (Lipinski definition) is 1. The molecule has 96 valence electrons. The van der Waals surface area contributed by atoms with E-state index in [1.165, 1.54) is 0 Å². The second-order valence-electron chi connectivity index (χ2n) is 4.29. The number of aromatic nitrogens is 3. The normalized spacial score (nSPS) is 12.7. The minimum atomic E-state index is -0.691. The van der Waals surface area contributed by atoms with Crippen LogP contribution in [0.15, 0.2) is 28.9 Å². The number of hydrogen-bond acceptors (Lipinski definition) is 3. The monoisotopic (exact) mass is 309 g/mol. The van der Waals surface area contributed by atoms with Gasteiger partial charge in [-0.3, -0.25) is 0 Å². The molecule has 2 rings (SSSR count). The van der Waals surface area contributed by atoms with Gasteiger partial charge in [-0.15, -0.1) is 5.10 Å². The predicted molar refractivity (Wildman–Crippen MR) is 73.3 cm³/mol. The van der Waals surface area contributed by atoms with Gasteiger partial charge in [-0.25, -0.2) is 4.68 Å². The van der Waals surface area contributed by atoms with E-state index in [1.54, 1.807) is 10.9 Å². The van der Waals surface area contributed by atoms with Crippen LogP contribution < -0.4 is 0 Å². The van der Waals surface area contributed by atoms with Crippen LogP contribution in [0.2, 0.25) is 0 Å². The Morgan fingerprint density at radius 1 is 1.44 bits per heavy atom. The third kappa shape index (κ3) is 2.62. The van der Waals surface area contributed by atoms with Gasteiger partial charge in [0.2, 0.25) is 0 Å². The van der Waals surface area contributed by atoms with Crippen molar-refractivity contribution in [2.75, 3.05) is 0 Å². The first-order valence-electron chi connectivity index (χ1n) is 5.96. The van der Waals surface area contributed by atoms with Gasteiger partial charge in [-0.2, -0.15) is 0 Å². The highest BCUT2D eigenvalue weighted by molar-refractivity contribution is 9.10. The number of aliphatic hydroxyl groups is 1. The summed E-state index contributed by atoms with van der Waals surface area (Å²) in [6, 6.07) is 5.88. The first-order valence-corrected chi connectivity index (χ1v) is 6.75. The molecule has 0 saturated heterocycles. The molecule has 0 aliphatic rings. The van der Waals surface area contributed by atoms with Gasteiger partial charge >= 0.3 is 0 Å². The highest BCUT2D eigenvalue weighted by Gasteiger charge is 2.18. The average Bonchev–Trinajstić information content (AvgIpc) is 2.80. The van der Waals surface area contributed by atoms with Gasteiger partial charge < -0.3 is 5.11 Å². The Kier molecular flexibility index (Phi) is 4.14. The molecule has 2 aromatic rings. The molecule has 1 aromatic carbocycles. The highest BCUT2D eigenvalue weighted by atomic mass is 79.9. The Morgan fingerprint density at radius 2 is 2.22 bits per heavy atom. The van der Waals surface area contributed by atoms with Crippen molar-refractivity contribution in [3.63, 3.8) is 0 Å². The van der Waals surface area contributed by atoms with Gasteiger partial charge in [-0.1, -0.05) is 34.1 Å². The molecule has 1 heterocycles. The molecule has 0 saturated carbocycles. The Labute approximate surface area is 115 Å². The fraction of sp³-hybridized carbons (Fsp3) is 0.385. The molecule has 0 radical (unpaired) electrons. The zero-order chi connectivity index (χ0) is 13.1. The van der Waals surface area contributed by atoms with Crippen molar-refractivity contribution in [2.45, 2.75) is 32.9 Å². The van der Waals surface area contributed by atoms with Crippen molar-refractivity contribution < 1.29 is 5.11 Å². The number of aryl methyl sites for hydroxylation is 2. The van der Waals surface area contributed by atoms with E-state index in [9.17, 15) is 5.11 Å². The van der Waals surface area contributed by atoms with Crippen molar-refractivity contribution in [2.24, 2.45) is 0 Å². The molecule has 4 nitrogen and oxygen atoms in total. The van der Waals surface area contributed by atoms with Gasteiger partial charge in [0.1, 0.15) is 6.10 Å². The van der Waals surface area contributed by atoms with Gasteiger partial charge in [0.05, 0.1) is 11.9 Å². The maximum Gasteiger partial charge on any atom is 0.123 e. The summed E-state index contributed by atoms with van der Waals surface area (Å²) in [5, 5.41) is 18.4. The van der Waals surface area contributed by atoms with E-state index in [0.29, 0.717) is 0 Å². The summed E-state index contributed by atoms with van der Waals surface area (Å²) in [7, 11) is 0. The molecule has 1 aromatic heterocycles. The summed E-state index contributed by atoms with van der Waals surface area (Å²) in [4.78, 5) is 0. The first-order chi connectivity index (χ1) is 8.63. The Hall–Kier alpha value is -1.20. The van der Waals surface area contributed by atoms with Gasteiger partial charge in [-0.05, 0) is 36.6 Å². The Bertz CT molecular complexity index is 539. The van der Waals surface area contributed by atoms with Crippen molar-refractivity contribution in [1.29, 1.82) is 0 Å². The van der Waals surface area contributed by atoms with Crippen LogP contribution >= 0.6 is 15.9 Å². The second-order valence-corrected chi connectivity index (χ2v) is 5.20. The molecule has 0 aliphatic heterocycles. The van der Waals surface area contributed by atoms with Gasteiger partial charge in [0.25, 0.3) is 0 Å². The molecule has 0 bridgehead atoms. The SMILES string of the molecule is CCCn1nncc1C(O)c1cc(Br)ccc1C. The largest absolute Gasteiger partial charge is 0.382 e. The molecule has 1 N–H and O–H groups in total. The van der Waals surface area contributed by atoms with Gasteiger partial charge in [0, 0.05) is 11.0 Å². The summed E-state index contributed by atoms with van der Waals surface area (Å²) in [6.45, 7) is 4.82. The molecular formula is C13H16BrN3O. The molecule has 5 heteroatoms. The highest BCUT2D eigenvalue weighted by Crippen LogP contribution is 2.27. The summed E-state index contributed by atoms with van der Waals surface area (Å²) in [6.07, 6.45) is 1.89. The van der Waals surface area contributed by atoms with E-state index >= 15 is 0 Å². The minimum Gasteiger partial charge on any atom is -0.382 e. The number of nitrogens with zero attached hydrogens (tertiary/aromatic N) is 3. The Morgan fingerprint density at radius 3 is 2.94 bits per heavy atom. The van der Waals surface area contributed by atoms with E-state index in [0.717, 1.165) is 34.3 Å². The lowest BCUT2D eigenvalue weighted by atomic mass is 10.0. The topological polar surface area (TPSA) is 50.9 Å². The molecule has 0 spiro atoms. The zero-order valence-electron chi connectivity index (χ0n) is 10.5. The van der Waals surface area contributed by atoms with E-state index < -0.39 is 6.10 Å². The number of benzene rings is 1. The van der Waals surface area contributed by atoms with Crippen molar-refractivity contribution in [3.8, 4) is 0 Å². The van der Waals surface area contributed by atoms with E-state index in [4.69, 9.17) is 0 Å². The van der Waals surface area contributed by atoms with E-state index in [1.807, 2.05) is 25.1 Å². The van der Waals surface area contributed by atoms with Crippen LogP contribution in [0.25, 0.3) is 0 Å². The van der Waals surface area contributed by atoms with Crippen LogP contribution in [-0.2, 0) is 6.54 Å². The lowest BCUT2D eigenvalue weighted by Gasteiger charge is -2.15. The molecule has 0 aliphatic carbocycles.